The fraction of sp³-hybridized carbons (Fsp3) is 0.214. The van der Waals surface area contributed by atoms with Crippen LogP contribution in [0.25, 0.3) is 0 Å². The van der Waals surface area contributed by atoms with Crippen molar-refractivity contribution < 1.29 is 4.39 Å². The molecule has 1 atom stereocenters. The Bertz CT molecular complexity index is 557. The molecule has 1 unspecified atom stereocenters. The normalized spacial score (nSPS) is 12.4. The number of aromatic nitrogens is 1. The van der Waals surface area contributed by atoms with E-state index in [2.05, 4.69) is 4.98 Å². The number of halogens is 3. The maximum Gasteiger partial charge on any atom is 0.142 e. The summed E-state index contributed by atoms with van der Waals surface area (Å²) in [6, 6.07) is 8.51. The van der Waals surface area contributed by atoms with Gasteiger partial charge in [-0.2, -0.15) is 0 Å². The number of aryl methyl sites for hydroxylation is 1. The van der Waals surface area contributed by atoms with E-state index in [1.807, 2.05) is 19.1 Å². The second-order valence-corrected chi connectivity index (χ2v) is 4.99. The predicted octanol–water partition coefficient (Wildman–Crippen LogP) is 4.71. The van der Waals surface area contributed by atoms with Crippen LogP contribution in [0.2, 0.25) is 5.02 Å². The summed E-state index contributed by atoms with van der Waals surface area (Å²) in [7, 11) is 0. The van der Waals surface area contributed by atoms with Gasteiger partial charge in [0.05, 0.1) is 10.4 Å². The van der Waals surface area contributed by atoms with Crippen molar-refractivity contribution in [1.29, 1.82) is 0 Å². The summed E-state index contributed by atoms with van der Waals surface area (Å²) in [5.74, 6) is -0.447. The molecule has 0 N–H and O–H groups in total. The minimum atomic E-state index is -0.447. The number of rotatable bonds is 3. The summed E-state index contributed by atoms with van der Waals surface area (Å²) in [5, 5.41) is -0.298. The van der Waals surface area contributed by atoms with Crippen molar-refractivity contribution in [2.24, 2.45) is 0 Å². The number of pyridine rings is 1. The van der Waals surface area contributed by atoms with Gasteiger partial charge in [-0.05, 0) is 30.2 Å². The third kappa shape index (κ3) is 2.82. The molecule has 2 rings (SSSR count). The first-order valence-corrected chi connectivity index (χ1v) is 6.39. The van der Waals surface area contributed by atoms with Crippen molar-refractivity contribution >= 4 is 23.2 Å². The van der Waals surface area contributed by atoms with Crippen molar-refractivity contribution in [2.75, 3.05) is 0 Å². The first kappa shape index (κ1) is 13.3. The predicted molar refractivity (Wildman–Crippen MR) is 72.7 cm³/mol. The van der Waals surface area contributed by atoms with E-state index in [0.717, 1.165) is 11.3 Å². The molecule has 0 amide bonds. The highest BCUT2D eigenvalue weighted by atomic mass is 35.5. The topological polar surface area (TPSA) is 12.9 Å². The lowest BCUT2D eigenvalue weighted by Gasteiger charge is -2.13. The van der Waals surface area contributed by atoms with Crippen LogP contribution < -0.4 is 0 Å². The molecule has 1 heterocycles. The van der Waals surface area contributed by atoms with Gasteiger partial charge in [0.2, 0.25) is 0 Å². The zero-order chi connectivity index (χ0) is 13.1. The highest BCUT2D eigenvalue weighted by molar-refractivity contribution is 6.33. The van der Waals surface area contributed by atoms with Crippen LogP contribution in [0.4, 0.5) is 4.39 Å². The summed E-state index contributed by atoms with van der Waals surface area (Å²) < 4.78 is 13.4. The van der Waals surface area contributed by atoms with Crippen LogP contribution in [0.5, 0.6) is 0 Å². The lowest BCUT2D eigenvalue weighted by molar-refractivity contribution is 0.625. The van der Waals surface area contributed by atoms with Crippen LogP contribution in [0, 0.1) is 12.7 Å². The van der Waals surface area contributed by atoms with Gasteiger partial charge in [0.15, 0.2) is 0 Å². The highest BCUT2D eigenvalue weighted by Crippen LogP contribution is 2.32. The number of nitrogens with zero attached hydrogens (tertiary/aromatic N) is 1. The Labute approximate surface area is 116 Å². The van der Waals surface area contributed by atoms with E-state index in [0.29, 0.717) is 12.0 Å². The van der Waals surface area contributed by atoms with E-state index in [4.69, 9.17) is 23.2 Å². The summed E-state index contributed by atoms with van der Waals surface area (Å²) in [4.78, 5) is 4.27. The molecule has 0 aliphatic rings. The second-order valence-electron chi connectivity index (χ2n) is 4.08. The van der Waals surface area contributed by atoms with Crippen molar-refractivity contribution in [2.45, 2.75) is 18.7 Å². The van der Waals surface area contributed by atoms with Crippen molar-refractivity contribution in [3.63, 3.8) is 0 Å². The lowest BCUT2D eigenvalue weighted by atomic mass is 10.0. The molecule has 0 spiro atoms. The fourth-order valence-corrected chi connectivity index (χ4v) is 2.42. The van der Waals surface area contributed by atoms with E-state index in [-0.39, 0.29) is 10.4 Å². The number of hydrogen-bond acceptors (Lipinski definition) is 1. The van der Waals surface area contributed by atoms with Gasteiger partial charge in [0.1, 0.15) is 5.82 Å². The maximum absolute atomic E-state index is 13.4. The van der Waals surface area contributed by atoms with Crippen molar-refractivity contribution in [3.05, 3.63) is 64.2 Å². The minimum absolute atomic E-state index is 0.0890. The maximum atomic E-state index is 13.4. The summed E-state index contributed by atoms with van der Waals surface area (Å²) in [5.41, 5.74) is 2.57. The molecule has 2 aromatic rings. The van der Waals surface area contributed by atoms with Crippen LogP contribution >= 0.6 is 23.2 Å². The van der Waals surface area contributed by atoms with Crippen molar-refractivity contribution in [3.8, 4) is 0 Å². The average molecular weight is 284 g/mol. The van der Waals surface area contributed by atoms with Gasteiger partial charge in [0, 0.05) is 18.3 Å². The highest BCUT2D eigenvalue weighted by Gasteiger charge is 2.16. The van der Waals surface area contributed by atoms with Gasteiger partial charge in [-0.3, -0.25) is 4.98 Å². The standard InChI is InChI=1S/C14H12Cl2FN/c1-9-4-3-7-18-13(9)8-11(15)10-5-2-6-12(17)14(10)16/h2-7,11H,8H2,1H3. The molecule has 0 saturated carbocycles. The summed E-state index contributed by atoms with van der Waals surface area (Å²) >= 11 is 12.2. The number of hydrogen-bond donors (Lipinski definition) is 0. The molecule has 1 aromatic heterocycles. The Kier molecular flexibility index (Phi) is 4.20. The monoisotopic (exact) mass is 283 g/mol. The number of benzene rings is 1. The molecule has 0 radical (unpaired) electrons. The quantitative estimate of drug-likeness (QED) is 0.744. The van der Waals surface area contributed by atoms with Gasteiger partial charge in [-0.15, -0.1) is 11.6 Å². The Morgan fingerprint density at radius 3 is 2.78 bits per heavy atom. The van der Waals surface area contributed by atoms with Crippen LogP contribution in [-0.4, -0.2) is 4.98 Å². The van der Waals surface area contributed by atoms with Crippen LogP contribution in [0.1, 0.15) is 22.2 Å². The third-order valence-corrected chi connectivity index (χ3v) is 3.60. The SMILES string of the molecule is Cc1cccnc1CC(Cl)c1cccc(F)c1Cl. The molecule has 4 heteroatoms. The summed E-state index contributed by atoms with van der Waals surface area (Å²) in [6.07, 6.45) is 2.25. The van der Waals surface area contributed by atoms with E-state index < -0.39 is 5.82 Å². The Morgan fingerprint density at radius 2 is 2.06 bits per heavy atom. The van der Waals surface area contributed by atoms with Gasteiger partial charge < -0.3 is 0 Å². The molecule has 0 saturated heterocycles. The van der Waals surface area contributed by atoms with Crippen molar-refractivity contribution in [1.82, 2.24) is 4.98 Å². The van der Waals surface area contributed by atoms with Gasteiger partial charge >= 0.3 is 0 Å². The smallest absolute Gasteiger partial charge is 0.142 e. The van der Waals surface area contributed by atoms with Gasteiger partial charge in [-0.25, -0.2) is 4.39 Å². The number of alkyl halides is 1. The summed E-state index contributed by atoms with van der Waals surface area (Å²) in [6.45, 7) is 1.97. The van der Waals surface area contributed by atoms with E-state index >= 15 is 0 Å². The first-order valence-electron chi connectivity index (χ1n) is 5.58. The van der Waals surface area contributed by atoms with E-state index in [1.165, 1.54) is 6.07 Å². The molecular formula is C14H12Cl2FN. The Morgan fingerprint density at radius 1 is 1.28 bits per heavy atom. The molecule has 1 aromatic carbocycles. The van der Waals surface area contributed by atoms with Crippen LogP contribution in [0.3, 0.4) is 0 Å². The second kappa shape index (κ2) is 5.68. The zero-order valence-corrected chi connectivity index (χ0v) is 11.3. The molecule has 18 heavy (non-hydrogen) atoms. The Hall–Kier alpha value is -1.12. The first-order chi connectivity index (χ1) is 8.59. The molecule has 1 nitrogen and oxygen atoms in total. The molecule has 0 aliphatic carbocycles. The average Bonchev–Trinajstić information content (AvgIpc) is 2.35. The van der Waals surface area contributed by atoms with Gasteiger partial charge in [0.25, 0.3) is 0 Å². The van der Waals surface area contributed by atoms with E-state index in [1.54, 1.807) is 18.3 Å². The molecule has 0 aliphatic heterocycles. The van der Waals surface area contributed by atoms with Crippen LogP contribution in [0.15, 0.2) is 36.5 Å². The molecule has 0 bridgehead atoms. The zero-order valence-electron chi connectivity index (χ0n) is 9.83. The molecular weight excluding hydrogens is 272 g/mol. The molecule has 94 valence electrons. The fourth-order valence-electron chi connectivity index (χ4n) is 1.77. The Balaban J connectivity index is 2.25. The van der Waals surface area contributed by atoms with Gasteiger partial charge in [-0.1, -0.05) is 29.8 Å². The molecule has 0 fully saturated rings. The largest absolute Gasteiger partial charge is 0.261 e. The lowest BCUT2D eigenvalue weighted by Crippen LogP contribution is -2.01. The van der Waals surface area contributed by atoms with E-state index in [9.17, 15) is 4.39 Å². The third-order valence-electron chi connectivity index (χ3n) is 2.81. The van der Waals surface area contributed by atoms with Crippen LogP contribution in [-0.2, 0) is 6.42 Å². The minimum Gasteiger partial charge on any atom is -0.261 e.